The van der Waals surface area contributed by atoms with Crippen molar-refractivity contribution in [1.29, 1.82) is 0 Å². The summed E-state index contributed by atoms with van der Waals surface area (Å²) < 4.78 is 46.8. The molecule has 0 amide bonds. The Morgan fingerprint density at radius 3 is 1.89 bits per heavy atom. The zero-order valence-corrected chi connectivity index (χ0v) is 40.3. The molecular weight excluding hydrogens is 822 g/mol. The SMILES string of the molecule is C=C/C(=C\C(=C)Cc1c(/C=C\C)sc(C=C)c1/C=C\C)c1cc(F)cc(-c2ccc(-c3cc(F)cc(/C(C=C)=C/C(=C)/C(C)=C/C(C)=C(\C)c4ccccc4CCC)c3)c(F)c2)c1.CC. The van der Waals surface area contributed by atoms with Crippen molar-refractivity contribution >= 4 is 46.3 Å². The minimum absolute atomic E-state index is 0.208. The van der Waals surface area contributed by atoms with Crippen molar-refractivity contribution in [3.63, 3.8) is 0 Å². The molecule has 1 heterocycles. The summed E-state index contributed by atoms with van der Waals surface area (Å²) in [5.74, 6) is -1.57. The summed E-state index contributed by atoms with van der Waals surface area (Å²) in [7, 11) is 0. The fraction of sp³-hybridized carbons (Fsp3) is 0.180. The highest BCUT2D eigenvalue weighted by Gasteiger charge is 2.16. The van der Waals surface area contributed by atoms with Crippen LogP contribution in [0, 0.1) is 17.5 Å². The number of hydrogen-bond donors (Lipinski definition) is 0. The molecule has 65 heavy (non-hydrogen) atoms. The molecule has 0 aliphatic heterocycles. The van der Waals surface area contributed by atoms with Crippen molar-refractivity contribution in [3.05, 3.63) is 237 Å². The second-order valence-electron chi connectivity index (χ2n) is 15.6. The maximum absolute atomic E-state index is 16.1. The molecule has 5 rings (SSSR count). The quantitative estimate of drug-likeness (QED) is 0.0769. The maximum atomic E-state index is 16.1. The molecule has 0 unspecified atom stereocenters. The molecule has 0 aliphatic rings. The monoisotopic (exact) mass is 884 g/mol. The lowest BCUT2D eigenvalue weighted by atomic mass is 9.92. The fourth-order valence-corrected chi connectivity index (χ4v) is 8.81. The molecule has 0 N–H and O–H groups in total. The maximum Gasteiger partial charge on any atom is 0.131 e. The molecule has 0 saturated heterocycles. The van der Waals surface area contributed by atoms with Gasteiger partial charge < -0.3 is 0 Å². The zero-order chi connectivity index (χ0) is 47.8. The van der Waals surface area contributed by atoms with E-state index in [2.05, 4.69) is 96.2 Å². The molecule has 0 nitrogen and oxygen atoms in total. The Morgan fingerprint density at radius 1 is 0.677 bits per heavy atom. The van der Waals surface area contributed by atoms with Crippen LogP contribution in [0.3, 0.4) is 0 Å². The van der Waals surface area contributed by atoms with Crippen LogP contribution in [0.25, 0.3) is 57.2 Å². The van der Waals surface area contributed by atoms with Crippen molar-refractivity contribution < 1.29 is 13.2 Å². The van der Waals surface area contributed by atoms with E-state index in [-0.39, 0.29) is 5.56 Å². The van der Waals surface area contributed by atoms with E-state index in [1.165, 1.54) is 47.0 Å². The Hall–Kier alpha value is -6.49. The Kier molecular flexibility index (Phi) is 19.3. The van der Waals surface area contributed by atoms with Gasteiger partial charge in [-0.25, -0.2) is 13.2 Å². The lowest BCUT2D eigenvalue weighted by molar-refractivity contribution is 0.623. The molecule has 0 spiro atoms. The summed E-state index contributed by atoms with van der Waals surface area (Å²) >= 11 is 1.68. The second-order valence-corrected chi connectivity index (χ2v) is 16.7. The van der Waals surface area contributed by atoms with Gasteiger partial charge in [-0.2, -0.15) is 0 Å². The third-order valence-corrected chi connectivity index (χ3v) is 12.2. The number of halogens is 3. The molecule has 0 atom stereocenters. The van der Waals surface area contributed by atoms with Crippen molar-refractivity contribution in [2.45, 2.75) is 74.7 Å². The summed E-state index contributed by atoms with van der Waals surface area (Å²) in [6.45, 7) is 37.1. The van der Waals surface area contributed by atoms with Crippen LogP contribution >= 0.6 is 11.3 Å². The average Bonchev–Trinajstić information content (AvgIpc) is 3.61. The van der Waals surface area contributed by atoms with Gasteiger partial charge in [0.25, 0.3) is 0 Å². The van der Waals surface area contributed by atoms with E-state index in [1.54, 1.807) is 41.7 Å². The standard InChI is InChI=1S/C59H57F3S.C2H6/c1-12-20-45-23-18-19-24-53(45)42(11)41(10)29-39(8)40(9)30-44(16-5)48-32-50(36-52(61)34-48)54-26-25-46(37-57(54)62)49-31-47(33-51(60)35-49)43(15-4)27-38(7)28-56-55(21-13-2)58(17-6)63-59(56)22-14-3;1-2/h13-19,21-27,29-37H,4-7,9,12,20,28H2,1-3,8,10-11H3;1-2H3/b21-13-,22-14-,39-29+,42-41+,43-27+,44-30+;. The third kappa shape index (κ3) is 13.1. The summed E-state index contributed by atoms with van der Waals surface area (Å²) in [6, 6.07) is 22.2. The van der Waals surface area contributed by atoms with Crippen LogP contribution in [-0.4, -0.2) is 0 Å². The van der Waals surface area contributed by atoms with Crippen molar-refractivity contribution in [2.75, 3.05) is 0 Å². The molecule has 4 heteroatoms. The Bertz CT molecular complexity index is 2770. The number of allylic oxidation sites excluding steroid dienone is 14. The van der Waals surface area contributed by atoms with Crippen LogP contribution in [0.2, 0.25) is 0 Å². The van der Waals surface area contributed by atoms with Gasteiger partial charge in [-0.1, -0.05) is 151 Å². The van der Waals surface area contributed by atoms with Gasteiger partial charge >= 0.3 is 0 Å². The zero-order valence-electron chi connectivity index (χ0n) is 39.5. The predicted octanol–water partition coefficient (Wildman–Crippen LogP) is 19.1. The van der Waals surface area contributed by atoms with Crippen LogP contribution in [0.15, 0.2) is 177 Å². The van der Waals surface area contributed by atoms with Gasteiger partial charge in [0, 0.05) is 15.3 Å². The highest BCUT2D eigenvalue weighted by atomic mass is 32.1. The topological polar surface area (TPSA) is 0 Å². The highest BCUT2D eigenvalue weighted by Crippen LogP contribution is 2.36. The van der Waals surface area contributed by atoms with Gasteiger partial charge in [-0.05, 0) is 186 Å². The highest BCUT2D eigenvalue weighted by molar-refractivity contribution is 7.14. The normalized spacial score (nSPS) is 12.5. The molecule has 334 valence electrons. The van der Waals surface area contributed by atoms with E-state index in [0.29, 0.717) is 45.4 Å². The number of hydrogen-bond acceptors (Lipinski definition) is 1. The molecular formula is C61H63F3S. The minimum Gasteiger partial charge on any atom is -0.207 e. The van der Waals surface area contributed by atoms with Gasteiger partial charge in [-0.15, -0.1) is 11.3 Å². The Morgan fingerprint density at radius 2 is 1.29 bits per heavy atom. The van der Waals surface area contributed by atoms with E-state index >= 15 is 13.2 Å². The fourth-order valence-electron chi connectivity index (χ4n) is 7.68. The van der Waals surface area contributed by atoms with Crippen LogP contribution in [0.5, 0.6) is 0 Å². The van der Waals surface area contributed by atoms with Crippen LogP contribution in [0.4, 0.5) is 13.2 Å². The van der Waals surface area contributed by atoms with E-state index in [0.717, 1.165) is 56.0 Å². The number of rotatable bonds is 18. The van der Waals surface area contributed by atoms with Gasteiger partial charge in [0.05, 0.1) is 0 Å². The lowest BCUT2D eigenvalue weighted by Gasteiger charge is -2.13. The number of thiophene rings is 1. The number of aryl methyl sites for hydroxylation is 1. The van der Waals surface area contributed by atoms with Crippen LogP contribution in [-0.2, 0) is 12.8 Å². The molecule has 0 aliphatic carbocycles. The van der Waals surface area contributed by atoms with Gasteiger partial charge in [-0.3, -0.25) is 0 Å². The first-order valence-electron chi connectivity index (χ1n) is 22.2. The van der Waals surface area contributed by atoms with E-state index < -0.39 is 17.5 Å². The summed E-state index contributed by atoms with van der Waals surface area (Å²) in [5.41, 5.74) is 13.6. The largest absolute Gasteiger partial charge is 0.207 e. The first-order chi connectivity index (χ1) is 31.2. The van der Waals surface area contributed by atoms with E-state index in [9.17, 15) is 0 Å². The minimum atomic E-state index is -0.572. The molecule has 5 aromatic rings. The average molecular weight is 885 g/mol. The lowest BCUT2D eigenvalue weighted by Crippen LogP contribution is -1.94. The Labute approximate surface area is 391 Å². The van der Waals surface area contributed by atoms with Crippen LogP contribution in [0.1, 0.15) is 105 Å². The number of benzene rings is 4. The molecule has 4 aromatic carbocycles. The summed E-state index contributed by atoms with van der Waals surface area (Å²) in [5, 5.41) is 0. The predicted molar refractivity (Wildman–Crippen MR) is 283 cm³/mol. The smallest absolute Gasteiger partial charge is 0.131 e. The van der Waals surface area contributed by atoms with Crippen LogP contribution < -0.4 is 0 Å². The second kappa shape index (κ2) is 24.5. The summed E-state index contributed by atoms with van der Waals surface area (Å²) in [4.78, 5) is 2.21. The molecule has 0 fully saturated rings. The van der Waals surface area contributed by atoms with Crippen molar-refractivity contribution in [1.82, 2.24) is 0 Å². The molecule has 0 radical (unpaired) electrons. The molecule has 0 saturated carbocycles. The van der Waals surface area contributed by atoms with E-state index in [1.807, 2.05) is 71.1 Å². The van der Waals surface area contributed by atoms with E-state index in [4.69, 9.17) is 0 Å². The molecule has 1 aromatic heterocycles. The Balaban J connectivity index is 0.00000456. The van der Waals surface area contributed by atoms with Crippen molar-refractivity contribution in [3.8, 4) is 22.3 Å². The summed E-state index contributed by atoms with van der Waals surface area (Å²) in [6.07, 6.45) is 21.9. The first kappa shape index (κ1) is 51.1. The molecule has 0 bridgehead atoms. The third-order valence-electron chi connectivity index (χ3n) is 11.0. The van der Waals surface area contributed by atoms with Gasteiger partial charge in [0.2, 0.25) is 0 Å². The van der Waals surface area contributed by atoms with Gasteiger partial charge in [0.1, 0.15) is 17.5 Å². The first-order valence-corrected chi connectivity index (χ1v) is 23.0. The van der Waals surface area contributed by atoms with Gasteiger partial charge in [0.15, 0.2) is 0 Å². The van der Waals surface area contributed by atoms with Crippen molar-refractivity contribution in [2.24, 2.45) is 0 Å².